The number of carboxylic acids is 1. The van der Waals surface area contributed by atoms with Gasteiger partial charge in [0.15, 0.2) is 0 Å². The molecule has 0 rings (SSSR count). The van der Waals surface area contributed by atoms with Crippen molar-refractivity contribution in [3.05, 3.63) is 0 Å². The Labute approximate surface area is 424 Å². The number of carboxylic acid groups (broad SMARTS) is 1. The van der Waals surface area contributed by atoms with Crippen molar-refractivity contribution < 1.29 is 53.0 Å². The molecule has 410 valence electrons. The van der Waals surface area contributed by atoms with Crippen molar-refractivity contribution in [2.75, 3.05) is 128 Å². The third-order valence-electron chi connectivity index (χ3n) is 10.9. The van der Waals surface area contributed by atoms with Crippen LogP contribution in [0.2, 0.25) is 0 Å². The van der Waals surface area contributed by atoms with E-state index >= 15 is 0 Å². The third kappa shape index (κ3) is 40.4. The summed E-state index contributed by atoms with van der Waals surface area (Å²) in [6, 6.07) is -1.56. The molecule has 0 aromatic carbocycles. The zero-order valence-corrected chi connectivity index (χ0v) is 44.6. The number of ether oxygens (including phenoxy) is 1. The van der Waals surface area contributed by atoms with Crippen LogP contribution < -0.4 is 31.9 Å². The second-order valence-corrected chi connectivity index (χ2v) is 19.2. The number of amides is 7. The molecule has 0 aliphatic carbocycles. The van der Waals surface area contributed by atoms with Gasteiger partial charge in [-0.05, 0) is 140 Å². The van der Waals surface area contributed by atoms with E-state index < -0.39 is 18.1 Å². The van der Waals surface area contributed by atoms with Crippen molar-refractivity contribution in [1.29, 1.82) is 0 Å². The van der Waals surface area contributed by atoms with Crippen LogP contribution in [0.25, 0.3) is 0 Å². The molecule has 0 aromatic rings. The highest BCUT2D eigenvalue weighted by Crippen LogP contribution is 2.11. The zero-order chi connectivity index (χ0) is 53.4. The highest BCUT2D eigenvalue weighted by Gasteiger charge is 2.23. The van der Waals surface area contributed by atoms with E-state index in [1.165, 1.54) is 0 Å². The summed E-state index contributed by atoms with van der Waals surface area (Å²) in [5.74, 6) is -2.61. The number of unbranched alkanes of at least 4 members (excludes halogenated alkanes) is 8. The summed E-state index contributed by atoms with van der Waals surface area (Å²) in [5, 5.41) is 26.0. The van der Waals surface area contributed by atoms with Crippen molar-refractivity contribution in [3.63, 3.8) is 0 Å². The largest absolute Gasteiger partial charge is 0.481 e. The van der Waals surface area contributed by atoms with Gasteiger partial charge in [-0.3, -0.25) is 43.2 Å². The SMILES string of the molecule is CN(C)CC(=O)NCCCC[C@H](NC(=O)CN(C)C)C(=O)NCCCN(CCCNC(=O)[C@H](CCCCNC(=O)CN(C)C)NC(=O)CN(C)C)C(=O)CCCCCCCC(=O)OCCCCCC(=O)O. The molecule has 71 heavy (non-hydrogen) atoms. The molecule has 22 heteroatoms. The van der Waals surface area contributed by atoms with Gasteiger partial charge in [-0.25, -0.2) is 0 Å². The van der Waals surface area contributed by atoms with E-state index in [9.17, 15) is 43.2 Å². The smallest absolute Gasteiger partial charge is 0.305 e. The molecule has 0 fully saturated rings. The lowest BCUT2D eigenvalue weighted by molar-refractivity contribution is -0.144. The maximum absolute atomic E-state index is 13.6. The Bertz CT molecular complexity index is 1490. The summed E-state index contributed by atoms with van der Waals surface area (Å²) in [5.41, 5.74) is 0. The number of likely N-dealkylation sites (N-methyl/N-ethyl adjacent to an activating group) is 4. The Hall–Kier alpha value is -4.93. The number of nitrogens with one attached hydrogen (secondary N) is 6. The predicted octanol–water partition coefficient (Wildman–Crippen LogP) is 0.535. The fourth-order valence-electron chi connectivity index (χ4n) is 7.30. The minimum atomic E-state index is -0.836. The van der Waals surface area contributed by atoms with Gasteiger partial charge in [0.25, 0.3) is 0 Å². The van der Waals surface area contributed by atoms with Crippen LogP contribution in [0, 0.1) is 0 Å². The Kier molecular flexibility index (Phi) is 38.8. The third-order valence-corrected chi connectivity index (χ3v) is 10.9. The normalized spacial score (nSPS) is 12.1. The van der Waals surface area contributed by atoms with Gasteiger partial charge in [0.2, 0.25) is 41.4 Å². The van der Waals surface area contributed by atoms with E-state index in [0.29, 0.717) is 122 Å². The van der Waals surface area contributed by atoms with Crippen LogP contribution in [0.15, 0.2) is 0 Å². The van der Waals surface area contributed by atoms with Crippen molar-refractivity contribution in [1.82, 2.24) is 56.4 Å². The van der Waals surface area contributed by atoms with E-state index in [-0.39, 0.29) is 99.6 Å². The van der Waals surface area contributed by atoms with Crippen molar-refractivity contribution in [3.8, 4) is 0 Å². The van der Waals surface area contributed by atoms with Gasteiger partial charge in [0, 0.05) is 58.5 Å². The van der Waals surface area contributed by atoms with Gasteiger partial charge >= 0.3 is 11.9 Å². The molecular weight excluding hydrogens is 919 g/mol. The van der Waals surface area contributed by atoms with E-state index in [1.807, 2.05) is 28.2 Å². The zero-order valence-electron chi connectivity index (χ0n) is 44.6. The van der Waals surface area contributed by atoms with Gasteiger partial charge < -0.3 is 66.2 Å². The van der Waals surface area contributed by atoms with Crippen molar-refractivity contribution >= 4 is 53.3 Å². The number of aliphatic carboxylic acids is 1. The fraction of sp³-hybridized carbons (Fsp3) is 0.816. The van der Waals surface area contributed by atoms with Crippen LogP contribution in [0.4, 0.5) is 0 Å². The van der Waals surface area contributed by atoms with Gasteiger partial charge in [0.05, 0.1) is 32.8 Å². The number of rotatable bonds is 44. The average Bonchev–Trinajstić information content (AvgIpc) is 3.26. The Morgan fingerprint density at radius 2 is 0.803 bits per heavy atom. The van der Waals surface area contributed by atoms with Gasteiger partial charge in [-0.1, -0.05) is 19.3 Å². The first-order valence-electron chi connectivity index (χ1n) is 25.6. The lowest BCUT2D eigenvalue weighted by atomic mass is 10.1. The molecule has 0 bridgehead atoms. The number of hydrogen-bond acceptors (Lipinski definition) is 14. The molecule has 0 spiro atoms. The minimum absolute atomic E-state index is 0.0624. The van der Waals surface area contributed by atoms with Gasteiger partial charge in [-0.15, -0.1) is 0 Å². The van der Waals surface area contributed by atoms with Crippen molar-refractivity contribution in [2.24, 2.45) is 0 Å². The molecule has 22 nitrogen and oxygen atoms in total. The molecule has 0 heterocycles. The lowest BCUT2D eigenvalue weighted by Gasteiger charge is -2.24. The summed E-state index contributed by atoms with van der Waals surface area (Å²) < 4.78 is 5.25. The summed E-state index contributed by atoms with van der Waals surface area (Å²) in [6.45, 7) is 3.13. The van der Waals surface area contributed by atoms with Gasteiger partial charge in [-0.2, -0.15) is 0 Å². The Morgan fingerprint density at radius 3 is 1.24 bits per heavy atom. The molecule has 0 radical (unpaired) electrons. The summed E-state index contributed by atoms with van der Waals surface area (Å²) in [7, 11) is 14.3. The molecule has 0 aromatic heterocycles. The molecule has 0 aliphatic heterocycles. The summed E-state index contributed by atoms with van der Waals surface area (Å²) in [6.07, 6.45) is 10.4. The van der Waals surface area contributed by atoms with Crippen LogP contribution >= 0.6 is 0 Å². The average molecular weight is 1010 g/mol. The maximum atomic E-state index is 13.6. The molecular formula is C49H93N11O11. The van der Waals surface area contributed by atoms with Crippen LogP contribution in [0.5, 0.6) is 0 Å². The molecule has 0 saturated carbocycles. The number of nitrogens with zero attached hydrogens (tertiary/aromatic N) is 5. The van der Waals surface area contributed by atoms with Crippen molar-refractivity contribution in [2.45, 2.75) is 134 Å². The molecule has 0 aliphatic rings. The minimum Gasteiger partial charge on any atom is -0.481 e. The summed E-state index contributed by atoms with van der Waals surface area (Å²) >= 11 is 0. The number of esters is 1. The molecule has 2 atom stereocenters. The Morgan fingerprint density at radius 1 is 0.423 bits per heavy atom. The second-order valence-electron chi connectivity index (χ2n) is 19.2. The van der Waals surface area contributed by atoms with E-state index in [1.54, 1.807) is 52.7 Å². The highest BCUT2D eigenvalue weighted by molar-refractivity contribution is 5.89. The monoisotopic (exact) mass is 1010 g/mol. The first-order chi connectivity index (χ1) is 33.7. The standard InChI is InChI=1S/C49H93N11O11/c1-56(2)35-41(61)50-28-18-16-23-39(54-43(63)37-58(5)6)48(69)52-30-21-32-60(45(65)25-13-10-9-11-15-27-47(68)71-34-20-12-14-26-46(66)67)33-22-31-53-49(70)40(55-44(64)38-59(7)8)24-17-19-29-51-42(62)36-57(3)4/h39-40H,9-38H2,1-8H3,(H,50,61)(H,51,62)(H,52,69)(H,53,70)(H,54,63)(H,55,64)(H,66,67)/t39-,40-/m0/s1. The van der Waals surface area contributed by atoms with Crippen LogP contribution in [-0.4, -0.2) is 223 Å². The first kappa shape index (κ1) is 66.1. The van der Waals surface area contributed by atoms with Crippen LogP contribution in [0.1, 0.15) is 122 Å². The number of hydrogen-bond donors (Lipinski definition) is 7. The van der Waals surface area contributed by atoms with E-state index in [4.69, 9.17) is 9.84 Å². The molecule has 0 unspecified atom stereocenters. The van der Waals surface area contributed by atoms with Gasteiger partial charge in [0.1, 0.15) is 12.1 Å². The number of carbonyl (C=O) groups excluding carboxylic acids is 8. The quantitative estimate of drug-likeness (QED) is 0.0324. The molecule has 7 N–H and O–H groups in total. The first-order valence-corrected chi connectivity index (χ1v) is 25.6. The number of carbonyl (C=O) groups is 9. The van der Waals surface area contributed by atoms with E-state index in [2.05, 4.69) is 31.9 Å². The fourth-order valence-corrected chi connectivity index (χ4v) is 7.30. The predicted molar refractivity (Wildman–Crippen MR) is 273 cm³/mol. The maximum Gasteiger partial charge on any atom is 0.305 e. The highest BCUT2D eigenvalue weighted by atomic mass is 16.5. The van der Waals surface area contributed by atoms with Crippen LogP contribution in [0.3, 0.4) is 0 Å². The molecule has 0 saturated heterocycles. The second kappa shape index (κ2) is 41.7. The summed E-state index contributed by atoms with van der Waals surface area (Å²) in [4.78, 5) is 121. The molecule has 7 amide bonds. The topological polar surface area (TPSA) is 271 Å². The van der Waals surface area contributed by atoms with E-state index in [0.717, 1.165) is 19.3 Å². The lowest BCUT2D eigenvalue weighted by Crippen LogP contribution is -2.49. The Balaban J connectivity index is 5.48. The van der Waals surface area contributed by atoms with Crippen LogP contribution in [-0.2, 0) is 47.9 Å².